The minimum atomic E-state index is -1.07. The van der Waals surface area contributed by atoms with Gasteiger partial charge in [0.2, 0.25) is 0 Å². The van der Waals surface area contributed by atoms with Crippen molar-refractivity contribution in [2.24, 2.45) is 0 Å². The summed E-state index contributed by atoms with van der Waals surface area (Å²) in [6.45, 7) is 12.6. The van der Waals surface area contributed by atoms with Gasteiger partial charge in [0.05, 0.1) is 64.7 Å². The number of aryl methyl sites for hydroxylation is 3. The monoisotopic (exact) mass is 590 g/mol. The molecule has 0 aliphatic heterocycles. The van der Waals surface area contributed by atoms with Crippen LogP contribution in [0, 0.1) is 43.4 Å². The minimum Gasteiger partial charge on any atom is -0.478 e. The Hall–Kier alpha value is -5.14. The second kappa shape index (κ2) is 16.2. The normalized spacial score (nSPS) is 10.1. The smallest absolute Gasteiger partial charge is 0.337 e. The maximum Gasteiger partial charge on any atom is 0.337 e. The molecule has 14 heteroatoms. The number of aromatic nitrogens is 8. The highest BCUT2D eigenvalue weighted by Gasteiger charge is 2.23. The fraction of sp³-hybridized carbons (Fsp3) is 0.321. The van der Waals surface area contributed by atoms with Crippen molar-refractivity contribution in [1.29, 1.82) is 10.5 Å². The summed E-state index contributed by atoms with van der Waals surface area (Å²) in [7, 11) is 0. The van der Waals surface area contributed by atoms with E-state index >= 15 is 0 Å². The molecule has 4 aromatic rings. The third-order valence-electron chi connectivity index (χ3n) is 5.10. The Morgan fingerprint density at radius 2 is 1.26 bits per heavy atom. The summed E-state index contributed by atoms with van der Waals surface area (Å²) in [6, 6.07) is 10.7. The number of nitrogens with one attached hydrogen (secondary N) is 1. The zero-order valence-corrected chi connectivity index (χ0v) is 25.0. The number of nitriles is 2. The summed E-state index contributed by atoms with van der Waals surface area (Å²) in [5.74, 6) is -1.07. The van der Waals surface area contributed by atoms with Gasteiger partial charge in [-0.3, -0.25) is 4.79 Å². The van der Waals surface area contributed by atoms with Crippen molar-refractivity contribution in [2.45, 2.75) is 59.3 Å². The molecule has 4 heterocycles. The third kappa shape index (κ3) is 12.4. The molecule has 0 aliphatic rings. The van der Waals surface area contributed by atoms with Crippen molar-refractivity contribution in [3.63, 3.8) is 0 Å². The van der Waals surface area contributed by atoms with Gasteiger partial charge in [-0.25, -0.2) is 9.89 Å². The number of rotatable bonds is 3. The topological polar surface area (TPSA) is 208 Å². The van der Waals surface area contributed by atoms with Crippen LogP contribution in [0.25, 0.3) is 0 Å². The van der Waals surface area contributed by atoms with Crippen LogP contribution in [0.15, 0.2) is 53.8 Å². The molecule has 0 atom stereocenters. The first-order valence-corrected chi connectivity index (χ1v) is 12.6. The number of halogens is 1. The van der Waals surface area contributed by atoms with E-state index in [4.69, 9.17) is 27.2 Å². The number of nitrogens with zero attached hydrogens (tertiary/aromatic N) is 9. The summed E-state index contributed by atoms with van der Waals surface area (Å²) in [5.41, 5.74) is 2.56. The van der Waals surface area contributed by atoms with E-state index in [1.165, 1.54) is 12.1 Å². The van der Waals surface area contributed by atoms with Gasteiger partial charge in [-0.2, -0.15) is 41.1 Å². The van der Waals surface area contributed by atoms with Crippen molar-refractivity contribution >= 4 is 17.6 Å². The van der Waals surface area contributed by atoms with E-state index in [0.29, 0.717) is 10.8 Å². The van der Waals surface area contributed by atoms with E-state index in [2.05, 4.69) is 46.9 Å². The average Bonchev–Trinajstić information content (AvgIpc) is 2.94. The Morgan fingerprint density at radius 3 is 1.64 bits per heavy atom. The molecule has 0 bridgehead atoms. The molecule has 2 N–H and O–H groups in total. The quantitative estimate of drug-likeness (QED) is 0.346. The van der Waals surface area contributed by atoms with Crippen LogP contribution in [0.5, 0.6) is 0 Å². The molecule has 0 aromatic carbocycles. The van der Waals surface area contributed by atoms with E-state index < -0.39 is 16.8 Å². The van der Waals surface area contributed by atoms with Gasteiger partial charge in [-0.1, -0.05) is 11.6 Å². The Bertz CT molecular complexity index is 1610. The maximum absolute atomic E-state index is 10.6. The molecule has 0 unspecified atom stereocenters. The summed E-state index contributed by atoms with van der Waals surface area (Å²) in [4.78, 5) is 21.0. The number of carboxylic acid groups (broad SMARTS) is 1. The number of hydrogen-bond acceptors (Lipinski definition) is 11. The maximum atomic E-state index is 10.6. The lowest BCUT2D eigenvalue weighted by Crippen LogP contribution is -2.17. The molecule has 4 aromatic heterocycles. The van der Waals surface area contributed by atoms with Gasteiger partial charge >= 0.3 is 5.97 Å². The number of aromatic carboxylic acids is 1. The van der Waals surface area contributed by atoms with E-state index in [1.54, 1.807) is 38.5 Å². The fourth-order valence-electron chi connectivity index (χ4n) is 2.58. The van der Waals surface area contributed by atoms with Crippen molar-refractivity contribution < 1.29 is 9.90 Å². The lowest BCUT2D eigenvalue weighted by Gasteiger charge is -2.13. The molecule has 0 spiro atoms. The van der Waals surface area contributed by atoms with Crippen LogP contribution in [0.1, 0.15) is 66.1 Å². The second-order valence-electron chi connectivity index (χ2n) is 9.90. The molecule has 0 saturated carbocycles. The predicted molar refractivity (Wildman–Crippen MR) is 154 cm³/mol. The average molecular weight is 591 g/mol. The van der Waals surface area contributed by atoms with Crippen molar-refractivity contribution in [2.75, 3.05) is 0 Å². The van der Waals surface area contributed by atoms with E-state index in [-0.39, 0.29) is 11.1 Å². The van der Waals surface area contributed by atoms with Crippen LogP contribution in [0.2, 0.25) is 5.15 Å². The van der Waals surface area contributed by atoms with Gasteiger partial charge in [-0.15, -0.1) is 5.10 Å². The summed E-state index contributed by atoms with van der Waals surface area (Å²) in [5, 5.41) is 54.7. The molecule has 0 amide bonds. The van der Waals surface area contributed by atoms with Crippen LogP contribution in [-0.2, 0) is 10.8 Å². The van der Waals surface area contributed by atoms with Gasteiger partial charge in [0.15, 0.2) is 5.15 Å². The number of aromatic amines is 1. The van der Waals surface area contributed by atoms with Crippen molar-refractivity contribution in [3.8, 4) is 12.1 Å². The van der Waals surface area contributed by atoms with Gasteiger partial charge in [0.25, 0.3) is 5.56 Å². The van der Waals surface area contributed by atoms with E-state index in [9.17, 15) is 9.59 Å². The molecule has 4 rings (SSSR count). The Kier molecular flexibility index (Phi) is 13.5. The summed E-state index contributed by atoms with van der Waals surface area (Å²) >= 11 is 5.47. The molecule has 0 saturated heterocycles. The Morgan fingerprint density at radius 1 is 0.786 bits per heavy atom. The predicted octanol–water partition coefficient (Wildman–Crippen LogP) is 4.08. The number of carbonyl (C=O) groups is 1. The van der Waals surface area contributed by atoms with Crippen molar-refractivity contribution in [1.82, 2.24) is 40.8 Å². The Balaban J connectivity index is 0.000000288. The molecule has 0 fully saturated rings. The Labute approximate surface area is 248 Å². The number of hydrogen-bond donors (Lipinski definition) is 2. The highest BCUT2D eigenvalue weighted by Crippen LogP contribution is 2.20. The minimum absolute atomic E-state index is 0.0401. The second-order valence-corrected chi connectivity index (χ2v) is 10.3. The third-order valence-corrected chi connectivity index (χ3v) is 5.28. The molecule has 13 nitrogen and oxygen atoms in total. The van der Waals surface area contributed by atoms with Crippen LogP contribution in [0.3, 0.4) is 0 Å². The molecular weight excluding hydrogens is 560 g/mol. The fourth-order valence-corrected chi connectivity index (χ4v) is 2.79. The first-order valence-electron chi connectivity index (χ1n) is 12.3. The van der Waals surface area contributed by atoms with Gasteiger partial charge in [0.1, 0.15) is 0 Å². The summed E-state index contributed by atoms with van der Waals surface area (Å²) in [6.07, 6.45) is 6.09. The van der Waals surface area contributed by atoms with Crippen molar-refractivity contribution in [3.05, 3.63) is 98.2 Å². The first kappa shape index (κ1) is 34.9. The largest absolute Gasteiger partial charge is 0.478 e. The van der Waals surface area contributed by atoms with E-state index in [0.717, 1.165) is 28.6 Å². The highest BCUT2D eigenvalue weighted by molar-refractivity contribution is 6.29. The van der Waals surface area contributed by atoms with E-state index in [1.807, 2.05) is 46.8 Å². The van der Waals surface area contributed by atoms with Gasteiger partial charge in [-0.05, 0) is 83.4 Å². The standard InChI is InChI=1S/C9H9N3O2.C9H11N3.C5H5ClN2.C5H6N2O/c1-9(2,5-10)7-3-6(8(13)14)4-11-12-7;1-7-4-8(12-11-5-7)9(2,3)6-10;1-4-2-5(6)8-7-3-4;1-4-2-5(8)7-6-3-4/h3-4H,1-2H3,(H,13,14);4-5H,1-3H3;2-3H,1H3;2-3H,1H3,(H,7,8). The van der Waals surface area contributed by atoms with Crippen LogP contribution >= 0.6 is 11.6 Å². The number of H-pyrrole nitrogens is 1. The molecule has 0 radical (unpaired) electrons. The highest BCUT2D eigenvalue weighted by atomic mass is 35.5. The molecule has 42 heavy (non-hydrogen) atoms. The summed E-state index contributed by atoms with van der Waals surface area (Å²) < 4.78 is 0. The van der Waals surface area contributed by atoms with Gasteiger partial charge in [0, 0.05) is 6.07 Å². The molecule has 0 aliphatic carbocycles. The van der Waals surface area contributed by atoms with Crippen LogP contribution in [0.4, 0.5) is 0 Å². The molecule has 218 valence electrons. The zero-order chi connectivity index (χ0) is 31.9. The molecular formula is C28H31ClN10O3. The lowest BCUT2D eigenvalue weighted by atomic mass is 9.90. The number of carboxylic acids is 1. The van der Waals surface area contributed by atoms with Gasteiger partial charge < -0.3 is 5.11 Å². The first-order chi connectivity index (χ1) is 19.6. The SMILES string of the molecule is CC(C)(C#N)c1cc(C(=O)O)cnn1.Cc1cn[nH]c(=O)c1.Cc1cnnc(C(C)(C)C#N)c1.Cc1cnnc(Cl)c1. The zero-order valence-electron chi connectivity index (χ0n) is 24.3. The van der Waals surface area contributed by atoms with Crippen LogP contribution < -0.4 is 5.56 Å². The lowest BCUT2D eigenvalue weighted by molar-refractivity contribution is 0.0696. The van der Waals surface area contributed by atoms with Crippen LogP contribution in [-0.4, -0.2) is 51.9 Å².